The van der Waals surface area contributed by atoms with E-state index in [1.54, 1.807) is 18.2 Å². The van der Waals surface area contributed by atoms with Crippen molar-refractivity contribution in [3.05, 3.63) is 59.2 Å². The molecule has 2 aromatic rings. The minimum absolute atomic E-state index is 0.0787. The van der Waals surface area contributed by atoms with E-state index in [-0.39, 0.29) is 36.3 Å². The molecule has 3 aliphatic rings. The van der Waals surface area contributed by atoms with Crippen LogP contribution in [-0.2, 0) is 20.9 Å². The Morgan fingerprint density at radius 2 is 1.61 bits per heavy atom. The lowest BCUT2D eigenvalue weighted by Crippen LogP contribution is -2.54. The van der Waals surface area contributed by atoms with Crippen LogP contribution in [0.5, 0.6) is 0 Å². The molecule has 1 unspecified atom stereocenters. The van der Waals surface area contributed by atoms with E-state index in [9.17, 15) is 24.0 Å². The molecular formula is C27H27N3O6. The van der Waals surface area contributed by atoms with Gasteiger partial charge in [-0.05, 0) is 61.0 Å². The molecule has 2 fully saturated rings. The summed E-state index contributed by atoms with van der Waals surface area (Å²) >= 11 is 0. The number of imide groups is 2. The van der Waals surface area contributed by atoms with Crippen LogP contribution in [0.3, 0.4) is 0 Å². The Balaban J connectivity index is 1.31. The lowest BCUT2D eigenvalue weighted by molar-refractivity contribution is -0.139. The first-order chi connectivity index (χ1) is 17.3. The predicted molar refractivity (Wildman–Crippen MR) is 129 cm³/mol. The maximum Gasteiger partial charge on any atom is 0.303 e. The summed E-state index contributed by atoms with van der Waals surface area (Å²) in [5.74, 6) is -2.57. The van der Waals surface area contributed by atoms with E-state index in [4.69, 9.17) is 5.11 Å². The fraction of sp³-hybridized carbons (Fsp3) is 0.370. The van der Waals surface area contributed by atoms with Gasteiger partial charge < -0.3 is 5.11 Å². The molecule has 0 saturated carbocycles. The van der Waals surface area contributed by atoms with Crippen LogP contribution in [0.25, 0.3) is 11.1 Å². The number of aliphatic carboxylic acids is 1. The van der Waals surface area contributed by atoms with Crippen molar-refractivity contribution in [2.75, 3.05) is 13.1 Å². The highest BCUT2D eigenvalue weighted by molar-refractivity contribution is 6.25. The molecule has 5 rings (SSSR count). The summed E-state index contributed by atoms with van der Waals surface area (Å²) < 4.78 is 0. The van der Waals surface area contributed by atoms with E-state index >= 15 is 0 Å². The minimum Gasteiger partial charge on any atom is -0.481 e. The SMILES string of the molecule is O=C(O)CC1CCN(Cc2ccc(-c3cccc4c3C(=O)N(C3CCC(=O)NC3=O)C4=O)cc2)CC1. The number of amides is 4. The van der Waals surface area contributed by atoms with Crippen molar-refractivity contribution in [3.8, 4) is 11.1 Å². The molecule has 0 aromatic heterocycles. The highest BCUT2D eigenvalue weighted by atomic mass is 16.4. The zero-order chi connectivity index (χ0) is 25.4. The Hall–Kier alpha value is -3.85. The van der Waals surface area contributed by atoms with Crippen molar-refractivity contribution in [2.24, 2.45) is 5.92 Å². The van der Waals surface area contributed by atoms with Crippen LogP contribution in [0.4, 0.5) is 0 Å². The van der Waals surface area contributed by atoms with Gasteiger partial charge >= 0.3 is 5.97 Å². The van der Waals surface area contributed by atoms with E-state index < -0.39 is 35.6 Å². The van der Waals surface area contributed by atoms with Crippen LogP contribution in [-0.4, -0.2) is 63.6 Å². The molecular weight excluding hydrogens is 462 g/mol. The fourth-order valence-electron chi connectivity index (χ4n) is 5.40. The van der Waals surface area contributed by atoms with E-state index in [1.165, 1.54) is 0 Å². The third-order valence-corrected chi connectivity index (χ3v) is 7.31. The van der Waals surface area contributed by atoms with Crippen LogP contribution in [0.2, 0.25) is 0 Å². The maximum atomic E-state index is 13.3. The molecule has 2 saturated heterocycles. The molecule has 0 spiro atoms. The predicted octanol–water partition coefficient (Wildman–Crippen LogP) is 2.44. The summed E-state index contributed by atoms with van der Waals surface area (Å²) in [6.07, 6.45) is 2.18. The fourth-order valence-corrected chi connectivity index (χ4v) is 5.40. The Labute approximate surface area is 208 Å². The molecule has 2 aromatic carbocycles. The highest BCUT2D eigenvalue weighted by Gasteiger charge is 2.45. The molecule has 0 bridgehead atoms. The molecule has 9 heteroatoms. The smallest absolute Gasteiger partial charge is 0.303 e. The first-order valence-electron chi connectivity index (χ1n) is 12.2. The molecule has 36 heavy (non-hydrogen) atoms. The summed E-state index contributed by atoms with van der Waals surface area (Å²) in [4.78, 5) is 64.5. The standard InChI is InChI=1S/C27H27N3O6/c31-22-9-8-21(25(34)28-22)30-26(35)20-3-1-2-19(24(20)27(30)36)18-6-4-17(5-7-18)15-29-12-10-16(11-13-29)14-23(32)33/h1-7,16,21H,8-15H2,(H,32,33)(H,28,31,34). The number of likely N-dealkylation sites (tertiary alicyclic amines) is 1. The number of carboxylic acid groups (broad SMARTS) is 1. The summed E-state index contributed by atoms with van der Waals surface area (Å²) in [6.45, 7) is 2.48. The summed E-state index contributed by atoms with van der Waals surface area (Å²) in [5.41, 5.74) is 3.07. The number of nitrogens with one attached hydrogen (secondary N) is 1. The summed E-state index contributed by atoms with van der Waals surface area (Å²) in [6, 6.07) is 12.0. The Morgan fingerprint density at radius 1 is 0.917 bits per heavy atom. The molecule has 0 aliphatic carbocycles. The minimum atomic E-state index is -0.995. The van der Waals surface area contributed by atoms with Gasteiger partial charge in [0.25, 0.3) is 11.8 Å². The monoisotopic (exact) mass is 489 g/mol. The van der Waals surface area contributed by atoms with Crippen LogP contribution < -0.4 is 5.32 Å². The topological polar surface area (TPSA) is 124 Å². The zero-order valence-electron chi connectivity index (χ0n) is 19.7. The molecule has 2 N–H and O–H groups in total. The quantitative estimate of drug-likeness (QED) is 0.597. The normalized spacial score (nSPS) is 21.0. The second-order valence-electron chi connectivity index (χ2n) is 9.69. The summed E-state index contributed by atoms with van der Waals surface area (Å²) in [7, 11) is 0. The lowest BCUT2D eigenvalue weighted by atomic mass is 9.93. The number of carbonyl (C=O) groups is 5. The average molecular weight is 490 g/mol. The van der Waals surface area contributed by atoms with Gasteiger partial charge in [0.05, 0.1) is 11.1 Å². The van der Waals surface area contributed by atoms with E-state index in [0.717, 1.165) is 48.5 Å². The van der Waals surface area contributed by atoms with Crippen molar-refractivity contribution in [1.29, 1.82) is 0 Å². The average Bonchev–Trinajstić information content (AvgIpc) is 3.11. The summed E-state index contributed by atoms with van der Waals surface area (Å²) in [5, 5.41) is 11.2. The van der Waals surface area contributed by atoms with Crippen molar-refractivity contribution < 1.29 is 29.1 Å². The number of hydrogen-bond acceptors (Lipinski definition) is 6. The van der Waals surface area contributed by atoms with Gasteiger partial charge in [-0.1, -0.05) is 36.4 Å². The molecule has 4 amide bonds. The molecule has 9 nitrogen and oxygen atoms in total. The van der Waals surface area contributed by atoms with E-state index in [2.05, 4.69) is 10.2 Å². The largest absolute Gasteiger partial charge is 0.481 e. The number of carbonyl (C=O) groups excluding carboxylic acids is 4. The molecule has 3 aliphatic heterocycles. The Bertz CT molecular complexity index is 1250. The number of hydrogen-bond donors (Lipinski definition) is 2. The molecule has 1 atom stereocenters. The first-order valence-corrected chi connectivity index (χ1v) is 12.2. The van der Waals surface area contributed by atoms with Crippen molar-refractivity contribution in [2.45, 2.75) is 44.7 Å². The lowest BCUT2D eigenvalue weighted by Gasteiger charge is -2.31. The van der Waals surface area contributed by atoms with Crippen LogP contribution in [0.15, 0.2) is 42.5 Å². The second-order valence-corrected chi connectivity index (χ2v) is 9.69. The molecule has 0 radical (unpaired) electrons. The van der Waals surface area contributed by atoms with Gasteiger partial charge in [0.1, 0.15) is 6.04 Å². The maximum absolute atomic E-state index is 13.3. The Kier molecular flexibility index (Phi) is 6.40. The third kappa shape index (κ3) is 4.54. The van der Waals surface area contributed by atoms with E-state index in [0.29, 0.717) is 5.56 Å². The van der Waals surface area contributed by atoms with Gasteiger partial charge in [0.2, 0.25) is 11.8 Å². The van der Waals surface area contributed by atoms with Gasteiger partial charge in [-0.15, -0.1) is 0 Å². The number of nitrogens with zero attached hydrogens (tertiary/aromatic N) is 2. The number of piperidine rings is 2. The van der Waals surface area contributed by atoms with Crippen molar-refractivity contribution >= 4 is 29.6 Å². The molecule has 3 heterocycles. The first kappa shape index (κ1) is 23.9. The number of benzene rings is 2. The van der Waals surface area contributed by atoms with Crippen LogP contribution in [0, 0.1) is 5.92 Å². The van der Waals surface area contributed by atoms with Crippen molar-refractivity contribution in [3.63, 3.8) is 0 Å². The second kappa shape index (κ2) is 9.66. The Morgan fingerprint density at radius 3 is 2.28 bits per heavy atom. The number of fused-ring (bicyclic) bond motifs is 1. The van der Waals surface area contributed by atoms with Crippen molar-refractivity contribution in [1.82, 2.24) is 15.1 Å². The van der Waals surface area contributed by atoms with Gasteiger partial charge in [0.15, 0.2) is 0 Å². The van der Waals surface area contributed by atoms with Crippen LogP contribution >= 0.6 is 0 Å². The molecule has 186 valence electrons. The number of carboxylic acids is 1. The van der Waals surface area contributed by atoms with Gasteiger partial charge in [-0.3, -0.25) is 39.1 Å². The van der Waals surface area contributed by atoms with Gasteiger partial charge in [-0.2, -0.15) is 0 Å². The van der Waals surface area contributed by atoms with Gasteiger partial charge in [0, 0.05) is 19.4 Å². The highest BCUT2D eigenvalue weighted by Crippen LogP contribution is 2.35. The van der Waals surface area contributed by atoms with Crippen LogP contribution in [0.1, 0.15) is 58.4 Å². The zero-order valence-corrected chi connectivity index (χ0v) is 19.7. The van der Waals surface area contributed by atoms with Gasteiger partial charge in [-0.25, -0.2) is 0 Å². The number of rotatable bonds is 6. The van der Waals surface area contributed by atoms with E-state index in [1.807, 2.05) is 24.3 Å². The third-order valence-electron chi connectivity index (χ3n) is 7.31.